The van der Waals surface area contributed by atoms with E-state index in [4.69, 9.17) is 10.5 Å². The Balaban J connectivity index is 1.88. The van der Waals surface area contributed by atoms with Crippen LogP contribution in [0.5, 0.6) is 0 Å². The van der Waals surface area contributed by atoms with Crippen molar-refractivity contribution in [3.8, 4) is 0 Å². The maximum atomic E-state index is 11.8. The zero-order valence-corrected chi connectivity index (χ0v) is 11.7. The van der Waals surface area contributed by atoms with Gasteiger partial charge in [-0.25, -0.2) is 4.79 Å². The molecule has 0 bridgehead atoms. The fourth-order valence-electron chi connectivity index (χ4n) is 2.52. The lowest BCUT2D eigenvalue weighted by atomic mass is 9.83. The highest BCUT2D eigenvalue weighted by Crippen LogP contribution is 2.48. The molecule has 0 radical (unpaired) electrons. The number of amides is 1. The van der Waals surface area contributed by atoms with E-state index in [9.17, 15) is 4.79 Å². The molecule has 1 unspecified atom stereocenters. The molecule has 5 heteroatoms. The minimum atomic E-state index is -0.407. The van der Waals surface area contributed by atoms with Gasteiger partial charge in [0.1, 0.15) is 5.60 Å². The molecule has 98 valence electrons. The normalized spacial score (nSPS) is 27.1. The van der Waals surface area contributed by atoms with Gasteiger partial charge in [0.2, 0.25) is 0 Å². The molecule has 0 aromatic carbocycles. The molecular weight excluding hydrogens is 236 g/mol. The smallest absolute Gasteiger partial charge is 0.410 e. The Morgan fingerprint density at radius 1 is 1.53 bits per heavy atom. The highest BCUT2D eigenvalue weighted by molar-refractivity contribution is 8.01. The first-order chi connectivity index (χ1) is 7.86. The summed E-state index contributed by atoms with van der Waals surface area (Å²) in [5, 5.41) is 0. The number of hydrogen-bond donors (Lipinski definition) is 1. The minimum Gasteiger partial charge on any atom is -0.444 e. The van der Waals surface area contributed by atoms with Gasteiger partial charge in [-0.15, -0.1) is 0 Å². The Bertz CT molecular complexity index is 308. The third kappa shape index (κ3) is 2.55. The monoisotopic (exact) mass is 258 g/mol. The van der Waals surface area contributed by atoms with E-state index in [1.165, 1.54) is 12.2 Å². The Morgan fingerprint density at radius 3 is 2.71 bits per heavy atom. The Hall–Kier alpha value is -0.420. The van der Waals surface area contributed by atoms with Crippen molar-refractivity contribution < 1.29 is 9.53 Å². The maximum Gasteiger partial charge on any atom is 0.410 e. The van der Waals surface area contributed by atoms with E-state index in [-0.39, 0.29) is 10.8 Å². The average molecular weight is 258 g/mol. The van der Waals surface area contributed by atoms with Crippen LogP contribution in [-0.4, -0.2) is 46.7 Å². The second-order valence-corrected chi connectivity index (χ2v) is 7.48. The summed E-state index contributed by atoms with van der Waals surface area (Å²) >= 11 is 1.97. The van der Waals surface area contributed by atoms with E-state index >= 15 is 0 Å². The van der Waals surface area contributed by atoms with Gasteiger partial charge in [0.25, 0.3) is 0 Å². The summed E-state index contributed by atoms with van der Waals surface area (Å²) in [6, 6.07) is 0. The number of ether oxygens (including phenoxy) is 1. The molecule has 2 fully saturated rings. The topological polar surface area (TPSA) is 55.6 Å². The van der Waals surface area contributed by atoms with Crippen LogP contribution < -0.4 is 5.73 Å². The van der Waals surface area contributed by atoms with Crippen LogP contribution >= 0.6 is 11.8 Å². The van der Waals surface area contributed by atoms with Crippen molar-refractivity contribution in [2.75, 3.05) is 25.4 Å². The summed E-state index contributed by atoms with van der Waals surface area (Å²) in [4.78, 5) is 13.6. The number of rotatable bonds is 1. The molecule has 2 aliphatic rings. The van der Waals surface area contributed by atoms with Crippen molar-refractivity contribution >= 4 is 17.9 Å². The van der Waals surface area contributed by atoms with Crippen LogP contribution in [0.2, 0.25) is 0 Å². The van der Waals surface area contributed by atoms with Crippen molar-refractivity contribution in [3.63, 3.8) is 0 Å². The molecule has 2 rings (SSSR count). The molecular formula is C12H22N2O2S. The van der Waals surface area contributed by atoms with Crippen LogP contribution in [0.3, 0.4) is 0 Å². The lowest BCUT2D eigenvalue weighted by molar-refractivity contribution is -0.000946. The molecule has 0 aliphatic carbocycles. The van der Waals surface area contributed by atoms with Crippen molar-refractivity contribution in [1.29, 1.82) is 0 Å². The summed E-state index contributed by atoms with van der Waals surface area (Å²) in [7, 11) is 0. The van der Waals surface area contributed by atoms with Crippen molar-refractivity contribution in [1.82, 2.24) is 4.90 Å². The van der Waals surface area contributed by atoms with E-state index in [0.717, 1.165) is 19.6 Å². The van der Waals surface area contributed by atoms with Crippen molar-refractivity contribution in [3.05, 3.63) is 0 Å². The molecule has 1 spiro atoms. The number of carbonyl (C=O) groups excluding carboxylic acids is 1. The fourth-order valence-corrected chi connectivity index (χ4v) is 4.28. The molecule has 17 heavy (non-hydrogen) atoms. The molecule has 1 atom stereocenters. The molecule has 2 N–H and O–H groups in total. The van der Waals surface area contributed by atoms with Crippen LogP contribution in [0.4, 0.5) is 4.79 Å². The minimum absolute atomic E-state index is 0.189. The Labute approximate surface area is 107 Å². The van der Waals surface area contributed by atoms with E-state index in [1.54, 1.807) is 4.90 Å². The van der Waals surface area contributed by atoms with Crippen LogP contribution in [0, 0.1) is 5.92 Å². The SMILES string of the molecule is CC(C)(C)OC(=O)N1CC2(C1)SCCC2CN. The third-order valence-electron chi connectivity index (χ3n) is 3.45. The lowest BCUT2D eigenvalue weighted by Crippen LogP contribution is -2.64. The predicted molar refractivity (Wildman–Crippen MR) is 70.2 cm³/mol. The fraction of sp³-hybridized carbons (Fsp3) is 0.917. The molecule has 4 nitrogen and oxygen atoms in total. The van der Waals surface area contributed by atoms with Gasteiger partial charge in [-0.1, -0.05) is 0 Å². The number of carbonyl (C=O) groups is 1. The number of likely N-dealkylation sites (tertiary alicyclic amines) is 1. The molecule has 0 aromatic heterocycles. The van der Waals surface area contributed by atoms with Gasteiger partial charge in [-0.2, -0.15) is 11.8 Å². The first-order valence-corrected chi connectivity index (χ1v) is 7.17. The second kappa shape index (κ2) is 4.35. The molecule has 2 heterocycles. The largest absolute Gasteiger partial charge is 0.444 e. The van der Waals surface area contributed by atoms with Crippen LogP contribution in [0.15, 0.2) is 0 Å². The molecule has 0 saturated carbocycles. The summed E-state index contributed by atoms with van der Waals surface area (Å²) in [6.45, 7) is 8.02. The van der Waals surface area contributed by atoms with Gasteiger partial charge in [-0.3, -0.25) is 0 Å². The van der Waals surface area contributed by atoms with Crippen LogP contribution in [0.1, 0.15) is 27.2 Å². The highest BCUT2D eigenvalue weighted by Gasteiger charge is 2.53. The molecule has 2 saturated heterocycles. The number of nitrogens with two attached hydrogens (primary N) is 1. The van der Waals surface area contributed by atoms with Gasteiger partial charge in [-0.05, 0) is 45.4 Å². The van der Waals surface area contributed by atoms with E-state index < -0.39 is 5.60 Å². The lowest BCUT2D eigenvalue weighted by Gasteiger charge is -2.50. The summed E-state index contributed by atoms with van der Waals surface area (Å²) in [6.07, 6.45) is 0.995. The van der Waals surface area contributed by atoms with E-state index in [1.807, 2.05) is 32.5 Å². The standard InChI is InChI=1S/C12H22N2O2S/c1-11(2,3)16-10(15)14-7-12(8-14)9(6-13)4-5-17-12/h9H,4-8,13H2,1-3H3. The number of thioether (sulfide) groups is 1. The number of hydrogen-bond acceptors (Lipinski definition) is 4. The molecule has 1 amide bonds. The first kappa shape index (κ1) is 13.0. The van der Waals surface area contributed by atoms with E-state index in [0.29, 0.717) is 5.92 Å². The van der Waals surface area contributed by atoms with Gasteiger partial charge < -0.3 is 15.4 Å². The average Bonchev–Trinajstić information content (AvgIpc) is 2.55. The van der Waals surface area contributed by atoms with Crippen molar-refractivity contribution in [2.24, 2.45) is 11.7 Å². The van der Waals surface area contributed by atoms with E-state index in [2.05, 4.69) is 0 Å². The predicted octanol–water partition coefficient (Wildman–Crippen LogP) is 1.69. The summed E-state index contributed by atoms with van der Waals surface area (Å²) < 4.78 is 5.59. The summed E-state index contributed by atoms with van der Waals surface area (Å²) in [5.74, 6) is 1.73. The molecule has 2 aliphatic heterocycles. The zero-order chi connectivity index (χ0) is 12.7. The Kier molecular flexibility index (Phi) is 3.34. The molecule has 0 aromatic rings. The number of nitrogens with zero attached hydrogens (tertiary/aromatic N) is 1. The maximum absolute atomic E-state index is 11.8. The van der Waals surface area contributed by atoms with Crippen LogP contribution in [0.25, 0.3) is 0 Å². The Morgan fingerprint density at radius 2 is 2.18 bits per heavy atom. The third-order valence-corrected chi connectivity index (χ3v) is 5.06. The van der Waals surface area contributed by atoms with Crippen LogP contribution in [-0.2, 0) is 4.74 Å². The highest BCUT2D eigenvalue weighted by atomic mass is 32.2. The van der Waals surface area contributed by atoms with Gasteiger partial charge in [0, 0.05) is 13.1 Å². The first-order valence-electron chi connectivity index (χ1n) is 6.18. The summed E-state index contributed by atoms with van der Waals surface area (Å²) in [5.41, 5.74) is 5.39. The van der Waals surface area contributed by atoms with Crippen molar-refractivity contribution in [2.45, 2.75) is 37.5 Å². The zero-order valence-electron chi connectivity index (χ0n) is 10.9. The second-order valence-electron chi connectivity index (χ2n) is 5.97. The van der Waals surface area contributed by atoms with Gasteiger partial charge >= 0.3 is 6.09 Å². The van der Waals surface area contributed by atoms with Gasteiger partial charge in [0.15, 0.2) is 0 Å². The quantitative estimate of drug-likeness (QED) is 0.777. The van der Waals surface area contributed by atoms with Gasteiger partial charge in [0.05, 0.1) is 4.75 Å².